The molecular weight excluding hydrogens is 398 g/mol. The number of fused-ring (bicyclic) bond motifs is 3. The van der Waals surface area contributed by atoms with E-state index in [0.717, 1.165) is 11.1 Å². The highest BCUT2D eigenvalue weighted by Gasteiger charge is 2.34. The fourth-order valence-corrected chi connectivity index (χ4v) is 3.78. The standard InChI is InChI=1S/C24H27NO6/c1-24(2,3)22-11-15-10-21(31-9-7-6-8-29-4)20(30-5)12-16(15)18-13-19(26)17(23(27)28)14-25(18)22/h10,12-14,22H,8-9,11H2,1-5H3,(H,27,28). The van der Waals surface area contributed by atoms with Crippen LogP contribution in [0.15, 0.2) is 29.2 Å². The largest absolute Gasteiger partial charge is 0.493 e. The molecule has 0 aliphatic carbocycles. The first-order chi connectivity index (χ1) is 14.7. The summed E-state index contributed by atoms with van der Waals surface area (Å²) in [5, 5.41) is 9.44. The molecule has 1 unspecified atom stereocenters. The Morgan fingerprint density at radius 1 is 1.16 bits per heavy atom. The maximum atomic E-state index is 12.5. The van der Waals surface area contributed by atoms with E-state index in [1.807, 2.05) is 16.7 Å². The van der Waals surface area contributed by atoms with Crippen molar-refractivity contribution in [2.45, 2.75) is 33.2 Å². The summed E-state index contributed by atoms with van der Waals surface area (Å²) in [6.07, 6.45) is 2.12. The Morgan fingerprint density at radius 3 is 2.48 bits per heavy atom. The fourth-order valence-electron chi connectivity index (χ4n) is 3.78. The second-order valence-electron chi connectivity index (χ2n) is 8.47. The van der Waals surface area contributed by atoms with Crippen LogP contribution in [0, 0.1) is 17.3 Å². The van der Waals surface area contributed by atoms with Gasteiger partial charge in [-0.2, -0.15) is 0 Å². The number of hydrogen-bond acceptors (Lipinski definition) is 5. The fraction of sp³-hybridized carbons (Fsp3) is 0.417. The number of benzene rings is 1. The number of nitrogens with zero attached hydrogens (tertiary/aromatic N) is 1. The number of pyridine rings is 1. The molecule has 7 nitrogen and oxygen atoms in total. The van der Waals surface area contributed by atoms with Gasteiger partial charge < -0.3 is 23.9 Å². The molecule has 1 aliphatic rings. The molecule has 2 heterocycles. The summed E-state index contributed by atoms with van der Waals surface area (Å²) in [6.45, 7) is 6.81. The minimum absolute atomic E-state index is 0.0450. The van der Waals surface area contributed by atoms with Crippen molar-refractivity contribution in [3.63, 3.8) is 0 Å². The number of carbonyl (C=O) groups is 1. The zero-order valence-electron chi connectivity index (χ0n) is 18.4. The highest BCUT2D eigenvalue weighted by molar-refractivity contribution is 5.88. The SMILES string of the molecule is COCC#CCOc1cc2c(cc1OC)-c1cc(=O)c(C(=O)O)cn1C(C(C)(C)C)C2. The Hall–Kier alpha value is -3.24. The Kier molecular flexibility index (Phi) is 6.42. The number of ether oxygens (including phenoxy) is 3. The Morgan fingerprint density at radius 2 is 1.87 bits per heavy atom. The summed E-state index contributed by atoms with van der Waals surface area (Å²) in [5.74, 6) is 5.58. The Bertz CT molecular complexity index is 1110. The number of carboxylic acids is 1. The maximum absolute atomic E-state index is 12.5. The van der Waals surface area contributed by atoms with Gasteiger partial charge in [0, 0.05) is 31.0 Å². The lowest BCUT2D eigenvalue weighted by Crippen LogP contribution is -2.32. The van der Waals surface area contributed by atoms with E-state index < -0.39 is 11.4 Å². The van der Waals surface area contributed by atoms with E-state index in [-0.39, 0.29) is 23.6 Å². The average molecular weight is 425 g/mol. The van der Waals surface area contributed by atoms with Crippen LogP contribution in [0.5, 0.6) is 11.5 Å². The van der Waals surface area contributed by atoms with Gasteiger partial charge in [-0.05, 0) is 29.5 Å². The highest BCUT2D eigenvalue weighted by atomic mass is 16.5. The third-order valence-corrected chi connectivity index (χ3v) is 5.37. The van der Waals surface area contributed by atoms with Crippen LogP contribution in [-0.2, 0) is 11.2 Å². The van der Waals surface area contributed by atoms with E-state index in [0.29, 0.717) is 30.2 Å². The van der Waals surface area contributed by atoms with Gasteiger partial charge in [-0.25, -0.2) is 4.79 Å². The van der Waals surface area contributed by atoms with Crippen molar-refractivity contribution in [3.05, 3.63) is 45.7 Å². The number of hydrogen-bond donors (Lipinski definition) is 1. The van der Waals surface area contributed by atoms with Gasteiger partial charge in [0.1, 0.15) is 18.8 Å². The van der Waals surface area contributed by atoms with Crippen molar-refractivity contribution in [1.29, 1.82) is 0 Å². The van der Waals surface area contributed by atoms with Crippen LogP contribution >= 0.6 is 0 Å². The van der Waals surface area contributed by atoms with Crippen molar-refractivity contribution in [1.82, 2.24) is 4.57 Å². The summed E-state index contributed by atoms with van der Waals surface area (Å²) in [6, 6.07) is 5.11. The molecule has 0 saturated heterocycles. The second-order valence-corrected chi connectivity index (χ2v) is 8.47. The van der Waals surface area contributed by atoms with Gasteiger partial charge in [-0.3, -0.25) is 4.79 Å². The third kappa shape index (κ3) is 4.59. The topological polar surface area (TPSA) is 87.0 Å². The molecule has 0 amide bonds. The van der Waals surface area contributed by atoms with Crippen LogP contribution in [0.3, 0.4) is 0 Å². The van der Waals surface area contributed by atoms with E-state index in [1.54, 1.807) is 14.2 Å². The summed E-state index contributed by atoms with van der Waals surface area (Å²) in [4.78, 5) is 24.0. The first-order valence-corrected chi connectivity index (χ1v) is 9.95. The molecule has 3 rings (SSSR count). The van der Waals surface area contributed by atoms with Crippen molar-refractivity contribution < 1.29 is 24.1 Å². The smallest absolute Gasteiger partial charge is 0.341 e. The van der Waals surface area contributed by atoms with E-state index in [9.17, 15) is 14.7 Å². The zero-order chi connectivity index (χ0) is 22.8. The third-order valence-electron chi connectivity index (χ3n) is 5.37. The van der Waals surface area contributed by atoms with Crippen LogP contribution in [0.25, 0.3) is 11.3 Å². The number of aromatic carboxylic acids is 1. The zero-order valence-corrected chi connectivity index (χ0v) is 18.4. The monoisotopic (exact) mass is 425 g/mol. The van der Waals surface area contributed by atoms with Gasteiger partial charge in [0.2, 0.25) is 0 Å². The predicted octanol–water partition coefficient (Wildman–Crippen LogP) is 3.39. The molecule has 0 fully saturated rings. The Labute approximate surface area is 181 Å². The number of rotatable bonds is 5. The summed E-state index contributed by atoms with van der Waals surface area (Å²) in [7, 11) is 3.13. The minimum Gasteiger partial charge on any atom is -0.493 e. The molecule has 7 heteroatoms. The van der Waals surface area contributed by atoms with Crippen LogP contribution in [0.1, 0.15) is 42.7 Å². The molecular formula is C24H27NO6. The van der Waals surface area contributed by atoms with Gasteiger partial charge in [0.25, 0.3) is 0 Å². The summed E-state index contributed by atoms with van der Waals surface area (Å²) in [5.41, 5.74) is 1.56. The molecule has 1 N–H and O–H groups in total. The average Bonchev–Trinajstić information content (AvgIpc) is 2.71. The van der Waals surface area contributed by atoms with E-state index in [1.165, 1.54) is 12.3 Å². The van der Waals surface area contributed by atoms with Gasteiger partial charge >= 0.3 is 5.97 Å². The lowest BCUT2D eigenvalue weighted by atomic mass is 9.78. The number of methoxy groups -OCH3 is 2. The molecule has 1 aromatic carbocycles. The second kappa shape index (κ2) is 8.86. The molecule has 1 aromatic heterocycles. The number of carboxylic acid groups (broad SMARTS) is 1. The summed E-state index contributed by atoms with van der Waals surface area (Å²) >= 11 is 0. The molecule has 0 spiro atoms. The van der Waals surface area contributed by atoms with E-state index >= 15 is 0 Å². The lowest BCUT2D eigenvalue weighted by Gasteiger charge is -2.39. The summed E-state index contributed by atoms with van der Waals surface area (Å²) < 4.78 is 18.1. The van der Waals surface area contributed by atoms with Gasteiger partial charge in [-0.15, -0.1) is 0 Å². The van der Waals surface area contributed by atoms with Crippen molar-refractivity contribution >= 4 is 5.97 Å². The van der Waals surface area contributed by atoms with Gasteiger partial charge in [0.05, 0.1) is 12.8 Å². The predicted molar refractivity (Wildman–Crippen MR) is 117 cm³/mol. The van der Waals surface area contributed by atoms with E-state index in [2.05, 4.69) is 32.6 Å². The lowest BCUT2D eigenvalue weighted by molar-refractivity contribution is 0.0693. The molecule has 0 saturated carbocycles. The van der Waals surface area contributed by atoms with Crippen molar-refractivity contribution in [3.8, 4) is 34.6 Å². The van der Waals surface area contributed by atoms with Gasteiger partial charge in [-0.1, -0.05) is 32.6 Å². The quantitative estimate of drug-likeness (QED) is 0.739. The minimum atomic E-state index is -1.23. The maximum Gasteiger partial charge on any atom is 0.341 e. The van der Waals surface area contributed by atoms with Crippen LogP contribution in [-0.4, -0.2) is 43.1 Å². The molecule has 164 valence electrons. The molecule has 0 bridgehead atoms. The normalized spacial score (nSPS) is 14.7. The Balaban J connectivity index is 2.13. The van der Waals surface area contributed by atoms with Crippen LogP contribution < -0.4 is 14.9 Å². The van der Waals surface area contributed by atoms with Crippen LogP contribution in [0.2, 0.25) is 0 Å². The molecule has 2 aromatic rings. The number of aromatic nitrogens is 1. The first kappa shape index (κ1) is 22.4. The van der Waals surface area contributed by atoms with E-state index in [4.69, 9.17) is 14.2 Å². The first-order valence-electron chi connectivity index (χ1n) is 9.95. The van der Waals surface area contributed by atoms with Crippen molar-refractivity contribution in [2.24, 2.45) is 5.41 Å². The molecule has 1 atom stereocenters. The van der Waals surface area contributed by atoms with Crippen molar-refractivity contribution in [2.75, 3.05) is 27.4 Å². The highest BCUT2D eigenvalue weighted by Crippen LogP contribution is 2.45. The molecule has 0 radical (unpaired) electrons. The van der Waals surface area contributed by atoms with Crippen LogP contribution in [0.4, 0.5) is 0 Å². The molecule has 31 heavy (non-hydrogen) atoms. The molecule has 1 aliphatic heterocycles. The van der Waals surface area contributed by atoms with Gasteiger partial charge in [0.15, 0.2) is 16.9 Å².